The molecule has 26 heavy (non-hydrogen) atoms. The van der Waals surface area contributed by atoms with E-state index in [2.05, 4.69) is 23.9 Å². The lowest BCUT2D eigenvalue weighted by Gasteiger charge is -2.13. The van der Waals surface area contributed by atoms with Crippen molar-refractivity contribution in [1.29, 1.82) is 0 Å². The summed E-state index contributed by atoms with van der Waals surface area (Å²) < 4.78 is 16.1. The fourth-order valence-corrected chi connectivity index (χ4v) is 4.60. The molecule has 0 spiro atoms. The summed E-state index contributed by atoms with van der Waals surface area (Å²) in [6, 6.07) is 7.29. The van der Waals surface area contributed by atoms with Gasteiger partial charge in [0.05, 0.1) is 11.9 Å². The maximum atomic E-state index is 14.1. The van der Waals surface area contributed by atoms with Crippen molar-refractivity contribution in [2.24, 2.45) is 0 Å². The molecule has 0 N–H and O–H groups in total. The van der Waals surface area contributed by atoms with Crippen LogP contribution in [-0.4, -0.2) is 14.8 Å². The van der Waals surface area contributed by atoms with Gasteiger partial charge in [-0.15, -0.1) is 0 Å². The topological polar surface area (TPSA) is 30.7 Å². The van der Waals surface area contributed by atoms with E-state index in [9.17, 15) is 4.39 Å². The zero-order valence-corrected chi connectivity index (χ0v) is 17.0. The molecule has 3 aromatic rings. The molecule has 3 rings (SSSR count). The van der Waals surface area contributed by atoms with Gasteiger partial charge < -0.3 is 0 Å². The van der Waals surface area contributed by atoms with Gasteiger partial charge in [0.15, 0.2) is 0 Å². The maximum absolute atomic E-state index is 14.1. The molecule has 0 fully saturated rings. The minimum Gasteiger partial charge on any atom is -0.262 e. The van der Waals surface area contributed by atoms with Crippen LogP contribution in [0.25, 0.3) is 0 Å². The van der Waals surface area contributed by atoms with Crippen LogP contribution in [-0.2, 0) is 6.42 Å². The summed E-state index contributed by atoms with van der Waals surface area (Å²) in [7, 11) is 0. The van der Waals surface area contributed by atoms with Gasteiger partial charge in [0, 0.05) is 39.2 Å². The Morgan fingerprint density at radius 2 is 1.88 bits per heavy atom. The van der Waals surface area contributed by atoms with Crippen molar-refractivity contribution in [3.8, 4) is 0 Å². The minimum absolute atomic E-state index is 0.168. The zero-order chi connectivity index (χ0) is 18.8. The van der Waals surface area contributed by atoms with Crippen molar-refractivity contribution in [1.82, 2.24) is 14.8 Å². The smallest absolute Gasteiger partial charge is 0.145 e. The van der Waals surface area contributed by atoms with Crippen LogP contribution in [0.3, 0.4) is 0 Å². The van der Waals surface area contributed by atoms with Gasteiger partial charge in [0.25, 0.3) is 0 Å². The molecule has 0 aliphatic carbocycles. The highest BCUT2D eigenvalue weighted by Crippen LogP contribution is 2.37. The van der Waals surface area contributed by atoms with Gasteiger partial charge in [0.1, 0.15) is 10.8 Å². The molecule has 0 aliphatic heterocycles. The second-order valence-electron chi connectivity index (χ2n) is 6.26. The highest BCUT2D eigenvalue weighted by molar-refractivity contribution is 7.99. The van der Waals surface area contributed by atoms with Gasteiger partial charge in [-0.1, -0.05) is 35.0 Å². The van der Waals surface area contributed by atoms with Crippen molar-refractivity contribution in [2.45, 2.75) is 43.2 Å². The van der Waals surface area contributed by atoms with Crippen LogP contribution in [0, 0.1) is 12.7 Å². The molecule has 2 aromatic heterocycles. The second kappa shape index (κ2) is 7.99. The predicted molar refractivity (Wildman–Crippen MR) is 105 cm³/mol. The Hall–Kier alpha value is -1.56. The average Bonchev–Trinajstić information content (AvgIpc) is 2.85. The van der Waals surface area contributed by atoms with E-state index in [1.807, 2.05) is 23.7 Å². The van der Waals surface area contributed by atoms with Gasteiger partial charge in [-0.25, -0.2) is 4.39 Å². The largest absolute Gasteiger partial charge is 0.262 e. The molecule has 0 unspecified atom stereocenters. The summed E-state index contributed by atoms with van der Waals surface area (Å²) in [5.74, 6) is -0.314. The van der Waals surface area contributed by atoms with E-state index < -0.39 is 0 Å². The number of aromatic nitrogens is 3. The molecular weight excluding hydrogens is 392 g/mol. The summed E-state index contributed by atoms with van der Waals surface area (Å²) in [5, 5.41) is 6.79. The van der Waals surface area contributed by atoms with Crippen LogP contribution in [0.4, 0.5) is 4.39 Å². The number of hydrogen-bond donors (Lipinski definition) is 0. The predicted octanol–water partition coefficient (Wildman–Crippen LogP) is 6.36. The van der Waals surface area contributed by atoms with E-state index in [0.29, 0.717) is 22.0 Å². The van der Waals surface area contributed by atoms with Crippen molar-refractivity contribution >= 4 is 35.0 Å². The molecule has 0 amide bonds. The lowest BCUT2D eigenvalue weighted by molar-refractivity contribution is 0.489. The van der Waals surface area contributed by atoms with E-state index in [1.165, 1.54) is 18.0 Å². The van der Waals surface area contributed by atoms with Gasteiger partial charge in [-0.05, 0) is 50.6 Å². The van der Waals surface area contributed by atoms with E-state index in [4.69, 9.17) is 23.2 Å². The van der Waals surface area contributed by atoms with Crippen LogP contribution >= 0.6 is 35.0 Å². The Morgan fingerprint density at radius 3 is 2.50 bits per heavy atom. The van der Waals surface area contributed by atoms with Crippen molar-refractivity contribution in [2.75, 3.05) is 0 Å². The fourth-order valence-electron chi connectivity index (χ4n) is 2.66. The Balaban J connectivity index is 2.05. The summed E-state index contributed by atoms with van der Waals surface area (Å²) in [6.45, 7) is 6.08. The number of aryl methyl sites for hydroxylation is 1. The third kappa shape index (κ3) is 4.22. The average molecular weight is 410 g/mol. The Bertz CT molecular complexity index is 920. The number of hydrogen-bond acceptors (Lipinski definition) is 3. The molecule has 0 saturated carbocycles. The van der Waals surface area contributed by atoms with Crippen molar-refractivity contribution < 1.29 is 4.39 Å². The normalized spacial score (nSPS) is 11.3. The van der Waals surface area contributed by atoms with Gasteiger partial charge in [0.2, 0.25) is 0 Å². The molecule has 2 heterocycles. The molecule has 0 atom stereocenters. The Morgan fingerprint density at radius 1 is 1.19 bits per heavy atom. The van der Waals surface area contributed by atoms with E-state index in [0.717, 1.165) is 21.2 Å². The number of benzene rings is 1. The third-order valence-corrected chi connectivity index (χ3v) is 5.46. The van der Waals surface area contributed by atoms with Gasteiger partial charge in [-0.2, -0.15) is 5.10 Å². The van der Waals surface area contributed by atoms with Crippen LogP contribution < -0.4 is 0 Å². The first-order chi connectivity index (χ1) is 12.3. The number of nitrogens with zero attached hydrogens (tertiary/aromatic N) is 3. The van der Waals surface area contributed by atoms with Gasteiger partial charge in [-0.3, -0.25) is 9.67 Å². The van der Waals surface area contributed by atoms with Gasteiger partial charge >= 0.3 is 0 Å². The molecule has 3 nitrogen and oxygen atoms in total. The third-order valence-electron chi connectivity index (χ3n) is 3.92. The molecule has 0 bridgehead atoms. The number of halogens is 3. The second-order valence-corrected chi connectivity index (χ2v) is 8.19. The lowest BCUT2D eigenvalue weighted by atomic mass is 10.1. The van der Waals surface area contributed by atoms with E-state index in [-0.39, 0.29) is 11.9 Å². The first-order valence-corrected chi connectivity index (χ1v) is 9.72. The maximum Gasteiger partial charge on any atom is 0.145 e. The molecular formula is C19H18Cl2FN3S. The minimum atomic E-state index is -0.314. The van der Waals surface area contributed by atoms with Crippen LogP contribution in [0.15, 0.2) is 46.6 Å². The highest BCUT2D eigenvalue weighted by atomic mass is 35.5. The zero-order valence-electron chi connectivity index (χ0n) is 14.6. The SMILES string of the molecule is Cc1nn(C(C)C)c(Sc2cc(Cl)cc(Cl)c2)c1Cc1ccncc1F. The first kappa shape index (κ1) is 19.2. The molecule has 0 aliphatic rings. The number of rotatable bonds is 5. The standard InChI is InChI=1S/C19H18Cl2FN3S/c1-11(2)25-19(26-16-8-14(20)7-15(21)9-16)17(12(3)24-25)6-13-4-5-23-10-18(13)22/h4-5,7-11H,6H2,1-3H3. The Kier molecular flexibility index (Phi) is 5.90. The quantitative estimate of drug-likeness (QED) is 0.491. The fraction of sp³-hybridized carbons (Fsp3) is 0.263. The molecule has 136 valence electrons. The summed E-state index contributed by atoms with van der Waals surface area (Å²) in [4.78, 5) is 4.74. The van der Waals surface area contributed by atoms with Crippen molar-refractivity contribution in [3.05, 3.63) is 69.3 Å². The van der Waals surface area contributed by atoms with Crippen LogP contribution in [0.2, 0.25) is 10.0 Å². The molecule has 0 saturated heterocycles. The van der Waals surface area contributed by atoms with Crippen LogP contribution in [0.5, 0.6) is 0 Å². The molecule has 1 aromatic carbocycles. The summed E-state index contributed by atoms with van der Waals surface area (Å²) in [5.41, 5.74) is 2.47. The highest BCUT2D eigenvalue weighted by Gasteiger charge is 2.20. The van der Waals surface area contributed by atoms with Crippen molar-refractivity contribution in [3.63, 3.8) is 0 Å². The monoisotopic (exact) mass is 409 g/mol. The Labute approximate surface area is 166 Å². The number of pyridine rings is 1. The van der Waals surface area contributed by atoms with E-state index in [1.54, 1.807) is 18.3 Å². The van der Waals surface area contributed by atoms with Crippen LogP contribution in [0.1, 0.15) is 36.7 Å². The molecule has 0 radical (unpaired) electrons. The molecule has 7 heteroatoms. The van der Waals surface area contributed by atoms with E-state index >= 15 is 0 Å². The first-order valence-electron chi connectivity index (χ1n) is 8.15. The summed E-state index contributed by atoms with van der Waals surface area (Å²) in [6.07, 6.45) is 3.29. The summed E-state index contributed by atoms with van der Waals surface area (Å²) >= 11 is 13.8. The lowest BCUT2D eigenvalue weighted by Crippen LogP contribution is -2.05.